The van der Waals surface area contributed by atoms with Crippen LogP contribution in [0.3, 0.4) is 0 Å². The molecule has 0 aliphatic heterocycles. The predicted octanol–water partition coefficient (Wildman–Crippen LogP) is 3.29. The normalized spacial score (nSPS) is 10.4. The first kappa shape index (κ1) is 12.6. The van der Waals surface area contributed by atoms with Crippen LogP contribution in [0.15, 0.2) is 45.4 Å². The number of nitrogens with one attached hydrogen (secondary N) is 1. The minimum atomic E-state index is 0.383. The van der Waals surface area contributed by atoms with E-state index >= 15 is 0 Å². The molecular weight excluding hydrogens is 320 g/mol. The zero-order chi connectivity index (χ0) is 13.9. The van der Waals surface area contributed by atoms with E-state index in [0.717, 1.165) is 10.0 Å². The van der Waals surface area contributed by atoms with Crippen molar-refractivity contribution < 1.29 is 4.52 Å². The van der Waals surface area contributed by atoms with Gasteiger partial charge in [0.2, 0.25) is 0 Å². The highest BCUT2D eigenvalue weighted by atomic mass is 79.9. The molecule has 2 aromatic heterocycles. The van der Waals surface area contributed by atoms with Gasteiger partial charge in [0, 0.05) is 10.9 Å². The zero-order valence-electron chi connectivity index (χ0n) is 10.3. The largest absolute Gasteiger partial charge is 0.342 e. The van der Waals surface area contributed by atoms with Crippen LogP contribution in [0.2, 0.25) is 0 Å². The summed E-state index contributed by atoms with van der Waals surface area (Å²) in [6, 6.07) is 13.3. The summed E-state index contributed by atoms with van der Waals surface area (Å²) in [7, 11) is 0. The Kier molecular flexibility index (Phi) is 3.35. The first-order valence-electron chi connectivity index (χ1n) is 5.92. The van der Waals surface area contributed by atoms with Gasteiger partial charge in [-0.25, -0.2) is 0 Å². The second-order valence-electron chi connectivity index (χ2n) is 4.18. The molecule has 0 aliphatic carbocycles. The van der Waals surface area contributed by atoms with Gasteiger partial charge in [0.15, 0.2) is 5.82 Å². The monoisotopic (exact) mass is 328 g/mol. The molecule has 2 heterocycles. The molecular formula is C14H9BrN4O. The van der Waals surface area contributed by atoms with E-state index in [4.69, 9.17) is 9.78 Å². The van der Waals surface area contributed by atoms with E-state index in [0.29, 0.717) is 29.5 Å². The molecule has 1 aromatic carbocycles. The molecule has 0 bridgehead atoms. The number of hydrogen-bond donors (Lipinski definition) is 1. The third-order valence-corrected chi connectivity index (χ3v) is 3.58. The highest BCUT2D eigenvalue weighted by Gasteiger charge is 2.12. The maximum Gasteiger partial charge on any atom is 0.274 e. The lowest BCUT2D eigenvalue weighted by Crippen LogP contribution is -1.91. The van der Waals surface area contributed by atoms with Crippen molar-refractivity contribution in [2.45, 2.75) is 6.42 Å². The Morgan fingerprint density at radius 3 is 2.85 bits per heavy atom. The topological polar surface area (TPSA) is 78.5 Å². The van der Waals surface area contributed by atoms with Gasteiger partial charge >= 0.3 is 0 Å². The molecule has 0 saturated heterocycles. The first-order chi connectivity index (χ1) is 9.76. The third-order valence-electron chi connectivity index (χ3n) is 2.81. The van der Waals surface area contributed by atoms with E-state index in [-0.39, 0.29) is 0 Å². The number of rotatable bonds is 3. The lowest BCUT2D eigenvalue weighted by molar-refractivity contribution is 0.423. The van der Waals surface area contributed by atoms with Crippen molar-refractivity contribution in [1.29, 1.82) is 5.26 Å². The molecule has 20 heavy (non-hydrogen) atoms. The second kappa shape index (κ2) is 5.31. The standard InChI is InChI=1S/C14H9BrN4O/c15-11-4-2-1-3-9(11)7-13-18-14(20-19-13)12-6-5-10(8-16)17-12/h1-6,17H,7H2. The summed E-state index contributed by atoms with van der Waals surface area (Å²) in [5.74, 6) is 0.980. The minimum Gasteiger partial charge on any atom is -0.342 e. The van der Waals surface area contributed by atoms with Gasteiger partial charge in [-0.1, -0.05) is 39.3 Å². The van der Waals surface area contributed by atoms with Crippen LogP contribution in [-0.4, -0.2) is 15.1 Å². The molecule has 0 aliphatic rings. The predicted molar refractivity (Wildman–Crippen MR) is 75.7 cm³/mol. The van der Waals surface area contributed by atoms with Gasteiger partial charge in [-0.2, -0.15) is 10.2 Å². The lowest BCUT2D eigenvalue weighted by atomic mass is 10.1. The number of halogens is 1. The Labute approximate surface area is 123 Å². The zero-order valence-corrected chi connectivity index (χ0v) is 11.9. The van der Waals surface area contributed by atoms with E-state index in [1.165, 1.54) is 0 Å². The van der Waals surface area contributed by atoms with Gasteiger partial charge in [0.25, 0.3) is 5.89 Å². The van der Waals surface area contributed by atoms with Crippen molar-refractivity contribution in [2.24, 2.45) is 0 Å². The van der Waals surface area contributed by atoms with Crippen molar-refractivity contribution in [1.82, 2.24) is 15.1 Å². The summed E-state index contributed by atoms with van der Waals surface area (Å²) < 4.78 is 6.22. The third kappa shape index (κ3) is 2.49. The summed E-state index contributed by atoms with van der Waals surface area (Å²) in [6.07, 6.45) is 0.580. The maximum absolute atomic E-state index is 8.78. The molecule has 0 unspecified atom stereocenters. The average Bonchev–Trinajstić information content (AvgIpc) is 3.10. The number of hydrogen-bond acceptors (Lipinski definition) is 4. The molecule has 0 saturated carbocycles. The summed E-state index contributed by atoms with van der Waals surface area (Å²) >= 11 is 3.49. The van der Waals surface area contributed by atoms with Gasteiger partial charge in [-0.05, 0) is 23.8 Å². The van der Waals surface area contributed by atoms with Crippen LogP contribution in [0, 0.1) is 11.3 Å². The molecule has 3 aromatic rings. The molecule has 0 spiro atoms. The molecule has 98 valence electrons. The minimum absolute atomic E-state index is 0.383. The molecule has 1 N–H and O–H groups in total. The Morgan fingerprint density at radius 1 is 1.25 bits per heavy atom. The van der Waals surface area contributed by atoms with Crippen molar-refractivity contribution in [3.8, 4) is 17.7 Å². The van der Waals surface area contributed by atoms with Gasteiger partial charge < -0.3 is 9.51 Å². The molecule has 5 nitrogen and oxygen atoms in total. The van der Waals surface area contributed by atoms with Gasteiger partial charge in [-0.3, -0.25) is 0 Å². The van der Waals surface area contributed by atoms with Gasteiger partial charge in [0.05, 0.1) is 0 Å². The van der Waals surface area contributed by atoms with Gasteiger partial charge in [0.1, 0.15) is 17.5 Å². The van der Waals surface area contributed by atoms with Crippen LogP contribution in [0.25, 0.3) is 11.6 Å². The van der Waals surface area contributed by atoms with Crippen LogP contribution < -0.4 is 0 Å². The van der Waals surface area contributed by atoms with Crippen molar-refractivity contribution in [3.63, 3.8) is 0 Å². The Balaban J connectivity index is 1.84. The fourth-order valence-corrected chi connectivity index (χ4v) is 2.26. The second-order valence-corrected chi connectivity index (χ2v) is 5.04. The lowest BCUT2D eigenvalue weighted by Gasteiger charge is -1.99. The van der Waals surface area contributed by atoms with Crippen LogP contribution in [0.5, 0.6) is 0 Å². The molecule has 0 radical (unpaired) electrons. The van der Waals surface area contributed by atoms with Crippen LogP contribution in [0.4, 0.5) is 0 Å². The van der Waals surface area contributed by atoms with E-state index in [2.05, 4.69) is 31.1 Å². The van der Waals surface area contributed by atoms with Gasteiger partial charge in [-0.15, -0.1) is 0 Å². The van der Waals surface area contributed by atoms with Crippen molar-refractivity contribution in [2.75, 3.05) is 0 Å². The highest BCUT2D eigenvalue weighted by molar-refractivity contribution is 9.10. The van der Waals surface area contributed by atoms with E-state index in [1.54, 1.807) is 12.1 Å². The molecule has 6 heteroatoms. The highest BCUT2D eigenvalue weighted by Crippen LogP contribution is 2.20. The molecule has 3 rings (SSSR count). The molecule has 0 amide bonds. The number of nitrogens with zero attached hydrogens (tertiary/aromatic N) is 3. The summed E-state index contributed by atoms with van der Waals surface area (Å²) in [5.41, 5.74) is 2.20. The summed E-state index contributed by atoms with van der Waals surface area (Å²) in [6.45, 7) is 0. The molecule has 0 atom stereocenters. The number of aromatic nitrogens is 3. The van der Waals surface area contributed by atoms with Crippen LogP contribution in [-0.2, 0) is 6.42 Å². The number of benzene rings is 1. The van der Waals surface area contributed by atoms with E-state index in [9.17, 15) is 0 Å². The van der Waals surface area contributed by atoms with E-state index in [1.807, 2.05) is 30.3 Å². The van der Waals surface area contributed by atoms with Crippen molar-refractivity contribution >= 4 is 15.9 Å². The van der Waals surface area contributed by atoms with Crippen LogP contribution in [0.1, 0.15) is 17.1 Å². The number of nitriles is 1. The average molecular weight is 329 g/mol. The maximum atomic E-state index is 8.78. The summed E-state index contributed by atoms with van der Waals surface area (Å²) in [5, 5.41) is 12.7. The number of aromatic amines is 1. The quantitative estimate of drug-likeness (QED) is 0.800. The Hall–Kier alpha value is -2.39. The first-order valence-corrected chi connectivity index (χ1v) is 6.71. The number of H-pyrrole nitrogens is 1. The van der Waals surface area contributed by atoms with Crippen molar-refractivity contribution in [3.05, 3.63) is 58.0 Å². The van der Waals surface area contributed by atoms with Crippen LogP contribution >= 0.6 is 15.9 Å². The Morgan fingerprint density at radius 2 is 2.10 bits per heavy atom. The fourth-order valence-electron chi connectivity index (χ4n) is 1.83. The SMILES string of the molecule is N#Cc1ccc(-c2nc(Cc3ccccc3Br)no2)[nH]1. The van der Waals surface area contributed by atoms with E-state index < -0.39 is 0 Å². The fraction of sp³-hybridized carbons (Fsp3) is 0.0714. The summed E-state index contributed by atoms with van der Waals surface area (Å²) in [4.78, 5) is 7.23. The molecule has 0 fully saturated rings. The smallest absolute Gasteiger partial charge is 0.274 e. The Bertz CT molecular complexity index is 784.